The highest BCUT2D eigenvalue weighted by Gasteiger charge is 2.20. The topological polar surface area (TPSA) is 70.5 Å². The van der Waals surface area contributed by atoms with Gasteiger partial charge in [0.2, 0.25) is 0 Å². The highest BCUT2D eigenvalue weighted by molar-refractivity contribution is 6.07. The molecule has 3 aromatic rings. The van der Waals surface area contributed by atoms with Gasteiger partial charge in [-0.3, -0.25) is 4.98 Å². The Labute approximate surface area is 139 Å². The lowest BCUT2D eigenvalue weighted by molar-refractivity contribution is 0.0595. The number of benzene rings is 1. The molecule has 1 aromatic carbocycles. The molecule has 6 nitrogen and oxygen atoms in total. The molecule has 0 fully saturated rings. The second-order valence-corrected chi connectivity index (χ2v) is 5.00. The highest BCUT2D eigenvalue weighted by Crippen LogP contribution is 2.38. The number of rotatable bonds is 4. The van der Waals surface area contributed by atoms with Crippen molar-refractivity contribution in [2.75, 3.05) is 21.3 Å². The van der Waals surface area contributed by atoms with Gasteiger partial charge in [-0.2, -0.15) is 0 Å². The lowest BCUT2D eigenvalue weighted by Crippen LogP contribution is -2.07. The molecule has 2 heterocycles. The zero-order valence-corrected chi connectivity index (χ0v) is 13.6. The summed E-state index contributed by atoms with van der Waals surface area (Å²) in [7, 11) is 4.47. The molecule has 0 aliphatic carbocycles. The van der Waals surface area contributed by atoms with E-state index >= 15 is 0 Å². The summed E-state index contributed by atoms with van der Waals surface area (Å²) >= 11 is 0. The molecular weight excluding hydrogens is 308 g/mol. The number of nitrogens with zero attached hydrogens (tertiary/aromatic N) is 2. The van der Waals surface area contributed by atoms with Gasteiger partial charge in [-0.25, -0.2) is 9.78 Å². The van der Waals surface area contributed by atoms with Crippen LogP contribution in [-0.4, -0.2) is 37.3 Å². The Kier molecular flexibility index (Phi) is 4.29. The average molecular weight is 324 g/mol. The third-order valence-corrected chi connectivity index (χ3v) is 3.74. The minimum absolute atomic E-state index is 0.239. The first-order valence-corrected chi connectivity index (χ1v) is 7.23. The quantitative estimate of drug-likeness (QED) is 0.687. The summed E-state index contributed by atoms with van der Waals surface area (Å²) in [6.45, 7) is 0. The molecule has 3 rings (SSSR count). The fraction of sp³-hybridized carbons (Fsp3) is 0.167. The van der Waals surface area contributed by atoms with Crippen LogP contribution in [0.2, 0.25) is 0 Å². The minimum Gasteiger partial charge on any atom is -0.493 e. The first-order chi connectivity index (χ1) is 11.7. The predicted molar refractivity (Wildman–Crippen MR) is 89.4 cm³/mol. The Bertz CT molecular complexity index is 894. The van der Waals surface area contributed by atoms with Crippen molar-refractivity contribution in [3.05, 3.63) is 48.5 Å². The molecule has 0 aliphatic heterocycles. The number of fused-ring (bicyclic) bond motifs is 1. The largest absolute Gasteiger partial charge is 0.493 e. The van der Waals surface area contributed by atoms with E-state index in [1.165, 1.54) is 7.11 Å². The van der Waals surface area contributed by atoms with Crippen molar-refractivity contribution in [3.8, 4) is 22.6 Å². The molecule has 0 amide bonds. The zero-order chi connectivity index (χ0) is 17.1. The van der Waals surface area contributed by atoms with Gasteiger partial charge in [-0.15, -0.1) is 0 Å². The second kappa shape index (κ2) is 6.54. The summed E-state index contributed by atoms with van der Waals surface area (Å²) < 4.78 is 15.6. The Morgan fingerprint density at radius 3 is 2.29 bits per heavy atom. The van der Waals surface area contributed by atoms with Crippen molar-refractivity contribution in [1.82, 2.24) is 9.97 Å². The Morgan fingerprint density at radius 2 is 1.67 bits per heavy atom. The van der Waals surface area contributed by atoms with Crippen molar-refractivity contribution in [2.24, 2.45) is 0 Å². The number of ether oxygens (including phenoxy) is 3. The monoisotopic (exact) mass is 324 g/mol. The molecule has 24 heavy (non-hydrogen) atoms. The Balaban J connectivity index is 2.40. The van der Waals surface area contributed by atoms with E-state index in [4.69, 9.17) is 14.2 Å². The lowest BCUT2D eigenvalue weighted by atomic mass is 9.97. The minimum atomic E-state index is -0.501. The van der Waals surface area contributed by atoms with Gasteiger partial charge in [0.15, 0.2) is 17.2 Å². The van der Waals surface area contributed by atoms with Crippen LogP contribution in [0.3, 0.4) is 0 Å². The lowest BCUT2D eigenvalue weighted by Gasteiger charge is -2.14. The van der Waals surface area contributed by atoms with Crippen LogP contribution in [0.1, 0.15) is 10.5 Å². The number of esters is 1. The number of hydrogen-bond acceptors (Lipinski definition) is 6. The van der Waals surface area contributed by atoms with Crippen molar-refractivity contribution in [3.63, 3.8) is 0 Å². The van der Waals surface area contributed by atoms with E-state index in [1.807, 2.05) is 24.3 Å². The smallest absolute Gasteiger partial charge is 0.357 e. The number of pyridine rings is 2. The maximum Gasteiger partial charge on any atom is 0.357 e. The first-order valence-electron chi connectivity index (χ1n) is 7.23. The van der Waals surface area contributed by atoms with Crippen LogP contribution in [0.15, 0.2) is 42.9 Å². The zero-order valence-electron chi connectivity index (χ0n) is 13.6. The standard InChI is InChI=1S/C18H16N2O4/c1-22-14-8-12-10-20-17(18(21)24-3)16(11-4-6-19-7-5-11)13(12)9-15(14)23-2/h4-10H,1-3H3. The van der Waals surface area contributed by atoms with E-state index in [0.29, 0.717) is 17.1 Å². The van der Waals surface area contributed by atoms with Gasteiger partial charge in [-0.1, -0.05) is 0 Å². The highest BCUT2D eigenvalue weighted by atomic mass is 16.5. The molecule has 0 unspecified atom stereocenters. The summed E-state index contributed by atoms with van der Waals surface area (Å²) in [6, 6.07) is 7.30. The molecule has 6 heteroatoms. The number of aromatic nitrogens is 2. The summed E-state index contributed by atoms with van der Waals surface area (Å²) in [5.74, 6) is 0.666. The molecular formula is C18H16N2O4. The molecule has 0 aliphatic rings. The maximum absolute atomic E-state index is 12.2. The van der Waals surface area contributed by atoms with E-state index in [0.717, 1.165) is 16.3 Å². The fourth-order valence-corrected chi connectivity index (χ4v) is 2.61. The third kappa shape index (κ3) is 2.62. The van der Waals surface area contributed by atoms with Crippen LogP contribution >= 0.6 is 0 Å². The van der Waals surface area contributed by atoms with E-state index in [9.17, 15) is 4.79 Å². The molecule has 0 spiro atoms. The first kappa shape index (κ1) is 15.7. The molecule has 0 saturated heterocycles. The summed E-state index contributed by atoms with van der Waals surface area (Å²) in [5.41, 5.74) is 1.72. The number of methoxy groups -OCH3 is 3. The molecule has 0 atom stereocenters. The molecule has 2 aromatic heterocycles. The third-order valence-electron chi connectivity index (χ3n) is 3.74. The van der Waals surface area contributed by atoms with E-state index in [-0.39, 0.29) is 5.69 Å². The molecule has 0 radical (unpaired) electrons. The van der Waals surface area contributed by atoms with Crippen LogP contribution in [0.25, 0.3) is 21.9 Å². The number of hydrogen-bond donors (Lipinski definition) is 0. The molecule has 0 saturated carbocycles. The second-order valence-electron chi connectivity index (χ2n) is 5.00. The van der Waals surface area contributed by atoms with Gasteiger partial charge >= 0.3 is 5.97 Å². The number of carbonyl (C=O) groups is 1. The van der Waals surface area contributed by atoms with Crippen molar-refractivity contribution in [1.29, 1.82) is 0 Å². The van der Waals surface area contributed by atoms with E-state index < -0.39 is 5.97 Å². The maximum atomic E-state index is 12.2. The van der Waals surface area contributed by atoms with Crippen molar-refractivity contribution >= 4 is 16.7 Å². The molecule has 0 bridgehead atoms. The number of carbonyl (C=O) groups excluding carboxylic acids is 1. The molecule has 0 N–H and O–H groups in total. The SMILES string of the molecule is COC(=O)c1ncc2cc(OC)c(OC)cc2c1-c1ccncc1. The average Bonchev–Trinajstić information content (AvgIpc) is 2.65. The van der Waals surface area contributed by atoms with E-state index in [2.05, 4.69) is 9.97 Å². The van der Waals surface area contributed by atoms with Crippen LogP contribution in [-0.2, 0) is 4.74 Å². The van der Waals surface area contributed by atoms with Crippen molar-refractivity contribution in [2.45, 2.75) is 0 Å². The summed E-state index contributed by atoms with van der Waals surface area (Å²) in [4.78, 5) is 20.5. The van der Waals surface area contributed by atoms with Gasteiger partial charge in [0.1, 0.15) is 0 Å². The van der Waals surface area contributed by atoms with Crippen LogP contribution in [0.4, 0.5) is 0 Å². The van der Waals surface area contributed by atoms with Gasteiger partial charge in [0.05, 0.1) is 21.3 Å². The van der Waals surface area contributed by atoms with Crippen LogP contribution < -0.4 is 9.47 Å². The van der Waals surface area contributed by atoms with Crippen LogP contribution in [0, 0.1) is 0 Å². The van der Waals surface area contributed by atoms with Gasteiger partial charge in [-0.05, 0) is 35.2 Å². The summed E-state index contributed by atoms with van der Waals surface area (Å²) in [5, 5.41) is 1.64. The predicted octanol–water partition coefficient (Wildman–Crippen LogP) is 3.10. The fourth-order valence-electron chi connectivity index (χ4n) is 2.61. The van der Waals surface area contributed by atoms with Gasteiger partial charge < -0.3 is 14.2 Å². The molecule has 122 valence electrons. The Hall–Kier alpha value is -3.15. The van der Waals surface area contributed by atoms with Crippen molar-refractivity contribution < 1.29 is 19.0 Å². The van der Waals surface area contributed by atoms with Crippen LogP contribution in [0.5, 0.6) is 11.5 Å². The van der Waals surface area contributed by atoms with Gasteiger partial charge in [0, 0.05) is 29.5 Å². The normalized spacial score (nSPS) is 10.5. The summed E-state index contributed by atoms with van der Waals surface area (Å²) in [6.07, 6.45) is 4.94. The van der Waals surface area contributed by atoms with Gasteiger partial charge in [0.25, 0.3) is 0 Å². The van der Waals surface area contributed by atoms with E-state index in [1.54, 1.807) is 32.8 Å². The Morgan fingerprint density at radius 1 is 1.00 bits per heavy atom.